The van der Waals surface area contributed by atoms with E-state index in [0.29, 0.717) is 17.9 Å². The number of halogens is 1. The van der Waals surface area contributed by atoms with Gasteiger partial charge in [-0.2, -0.15) is 0 Å². The fourth-order valence-electron chi connectivity index (χ4n) is 2.30. The first kappa shape index (κ1) is 13.5. The van der Waals surface area contributed by atoms with Crippen molar-refractivity contribution in [2.24, 2.45) is 0 Å². The fraction of sp³-hybridized carbons (Fsp3) is 0.364. The van der Waals surface area contributed by atoms with Gasteiger partial charge in [-0.1, -0.05) is 15.9 Å². The van der Waals surface area contributed by atoms with E-state index >= 15 is 0 Å². The molecule has 1 aliphatic heterocycles. The number of hydrogen-bond donors (Lipinski definition) is 1. The van der Waals surface area contributed by atoms with Gasteiger partial charge in [-0.05, 0) is 35.0 Å². The molecule has 7 nitrogen and oxygen atoms in total. The van der Waals surface area contributed by atoms with E-state index in [1.807, 2.05) is 6.07 Å². The topological polar surface area (TPSA) is 104 Å². The summed E-state index contributed by atoms with van der Waals surface area (Å²) in [6.07, 6.45) is 0.528. The molecule has 20 heavy (non-hydrogen) atoms. The van der Waals surface area contributed by atoms with Crippen molar-refractivity contribution < 1.29 is 8.42 Å². The van der Waals surface area contributed by atoms with Crippen LogP contribution in [0.1, 0.15) is 12.5 Å². The quantitative estimate of drug-likeness (QED) is 0.805. The SMILES string of the molecule is Nc1ccc(Br)c(-c2nnnn2C2CCS(=O)(=O)C2)c1. The Hall–Kier alpha value is -1.48. The zero-order valence-electron chi connectivity index (χ0n) is 10.4. The standard InChI is InChI=1S/C11H12BrN5O2S/c12-10-2-1-7(13)5-9(10)11-14-15-16-17(11)8-3-4-20(18,19)6-8/h1-2,5,8H,3-4,6,13H2. The second kappa shape index (κ2) is 4.81. The molecule has 1 unspecified atom stereocenters. The summed E-state index contributed by atoms with van der Waals surface area (Å²) < 4.78 is 25.6. The summed E-state index contributed by atoms with van der Waals surface area (Å²) in [5.41, 5.74) is 7.13. The third kappa shape index (κ3) is 2.42. The number of nitrogens with zero attached hydrogens (tertiary/aromatic N) is 4. The lowest BCUT2D eigenvalue weighted by molar-refractivity contribution is 0.489. The summed E-state index contributed by atoms with van der Waals surface area (Å²) in [4.78, 5) is 0. The van der Waals surface area contributed by atoms with Crippen LogP contribution in [0.3, 0.4) is 0 Å². The Labute approximate surface area is 124 Å². The van der Waals surface area contributed by atoms with Crippen LogP contribution < -0.4 is 5.73 Å². The summed E-state index contributed by atoms with van der Waals surface area (Å²) in [6, 6.07) is 5.12. The van der Waals surface area contributed by atoms with Gasteiger partial charge in [-0.15, -0.1) is 5.10 Å². The highest BCUT2D eigenvalue weighted by Gasteiger charge is 2.32. The first-order valence-electron chi connectivity index (χ1n) is 6.00. The molecule has 0 radical (unpaired) electrons. The van der Waals surface area contributed by atoms with Crippen LogP contribution in [0.5, 0.6) is 0 Å². The van der Waals surface area contributed by atoms with E-state index < -0.39 is 9.84 Å². The van der Waals surface area contributed by atoms with Crippen LogP contribution >= 0.6 is 15.9 Å². The molecule has 0 amide bonds. The monoisotopic (exact) mass is 357 g/mol. The van der Waals surface area contributed by atoms with E-state index in [-0.39, 0.29) is 17.5 Å². The summed E-state index contributed by atoms with van der Waals surface area (Å²) >= 11 is 3.43. The Morgan fingerprint density at radius 1 is 1.40 bits per heavy atom. The van der Waals surface area contributed by atoms with E-state index in [4.69, 9.17) is 5.73 Å². The normalized spacial score (nSPS) is 21.1. The van der Waals surface area contributed by atoms with Crippen molar-refractivity contribution in [3.8, 4) is 11.4 Å². The van der Waals surface area contributed by atoms with Gasteiger partial charge in [0, 0.05) is 15.7 Å². The molecule has 1 aromatic carbocycles. The second-order valence-corrected chi connectivity index (χ2v) is 7.83. The van der Waals surface area contributed by atoms with E-state index in [9.17, 15) is 8.42 Å². The summed E-state index contributed by atoms with van der Waals surface area (Å²) in [6.45, 7) is 0. The van der Waals surface area contributed by atoms with Crippen molar-refractivity contribution in [3.63, 3.8) is 0 Å². The highest BCUT2D eigenvalue weighted by atomic mass is 79.9. The molecule has 1 aromatic heterocycles. The van der Waals surface area contributed by atoms with Gasteiger partial charge in [0.2, 0.25) is 0 Å². The molecular weight excluding hydrogens is 346 g/mol. The molecule has 106 valence electrons. The van der Waals surface area contributed by atoms with Gasteiger partial charge >= 0.3 is 0 Å². The minimum absolute atomic E-state index is 0.0744. The Bertz CT molecular complexity index is 758. The van der Waals surface area contributed by atoms with Gasteiger partial charge in [0.1, 0.15) is 0 Å². The molecule has 2 aromatic rings. The number of nitrogen functional groups attached to an aromatic ring is 1. The lowest BCUT2D eigenvalue weighted by Gasteiger charge is -2.11. The van der Waals surface area contributed by atoms with E-state index in [1.54, 1.807) is 16.8 Å². The number of sulfone groups is 1. The van der Waals surface area contributed by atoms with Crippen molar-refractivity contribution in [2.45, 2.75) is 12.5 Å². The van der Waals surface area contributed by atoms with Crippen molar-refractivity contribution >= 4 is 31.5 Å². The van der Waals surface area contributed by atoms with Crippen molar-refractivity contribution in [1.82, 2.24) is 20.2 Å². The van der Waals surface area contributed by atoms with Gasteiger partial charge < -0.3 is 5.73 Å². The Balaban J connectivity index is 2.05. The highest BCUT2D eigenvalue weighted by Crippen LogP contribution is 2.32. The van der Waals surface area contributed by atoms with Crippen LogP contribution in [-0.4, -0.2) is 40.1 Å². The van der Waals surface area contributed by atoms with Crippen LogP contribution in [0.4, 0.5) is 5.69 Å². The van der Waals surface area contributed by atoms with Crippen LogP contribution in [0.2, 0.25) is 0 Å². The molecule has 3 rings (SSSR count). The van der Waals surface area contributed by atoms with Gasteiger partial charge in [0.05, 0.1) is 17.5 Å². The zero-order chi connectivity index (χ0) is 14.3. The minimum atomic E-state index is -2.99. The average Bonchev–Trinajstić information content (AvgIpc) is 2.98. The Kier molecular flexibility index (Phi) is 3.25. The van der Waals surface area contributed by atoms with Gasteiger partial charge in [-0.3, -0.25) is 0 Å². The molecule has 2 N–H and O–H groups in total. The molecule has 1 aliphatic rings. The number of hydrogen-bond acceptors (Lipinski definition) is 6. The Morgan fingerprint density at radius 3 is 2.90 bits per heavy atom. The maximum absolute atomic E-state index is 11.6. The zero-order valence-corrected chi connectivity index (χ0v) is 12.8. The molecule has 2 heterocycles. The summed E-state index contributed by atoms with van der Waals surface area (Å²) in [7, 11) is -2.99. The lowest BCUT2D eigenvalue weighted by atomic mass is 10.1. The third-order valence-corrected chi connectivity index (χ3v) is 5.72. The third-order valence-electron chi connectivity index (χ3n) is 3.28. The molecular formula is C11H12BrN5O2S. The number of tetrazole rings is 1. The lowest BCUT2D eigenvalue weighted by Crippen LogP contribution is -2.14. The van der Waals surface area contributed by atoms with Crippen molar-refractivity contribution in [2.75, 3.05) is 17.2 Å². The van der Waals surface area contributed by atoms with Crippen molar-refractivity contribution in [1.29, 1.82) is 0 Å². The van der Waals surface area contributed by atoms with Crippen molar-refractivity contribution in [3.05, 3.63) is 22.7 Å². The summed E-state index contributed by atoms with van der Waals surface area (Å²) in [5, 5.41) is 11.6. The maximum atomic E-state index is 11.6. The molecule has 1 fully saturated rings. The fourth-order valence-corrected chi connectivity index (χ4v) is 4.42. The van der Waals surface area contributed by atoms with Crippen LogP contribution in [0.15, 0.2) is 22.7 Å². The average molecular weight is 358 g/mol. The highest BCUT2D eigenvalue weighted by molar-refractivity contribution is 9.10. The summed E-state index contributed by atoms with van der Waals surface area (Å²) in [5.74, 6) is 0.770. The molecule has 0 bridgehead atoms. The first-order chi connectivity index (χ1) is 9.46. The van der Waals surface area contributed by atoms with E-state index in [1.165, 1.54) is 0 Å². The van der Waals surface area contributed by atoms with E-state index in [0.717, 1.165) is 10.0 Å². The first-order valence-corrected chi connectivity index (χ1v) is 8.61. The van der Waals surface area contributed by atoms with Crippen LogP contribution in [0, 0.1) is 0 Å². The van der Waals surface area contributed by atoms with Crippen LogP contribution in [0.25, 0.3) is 11.4 Å². The molecule has 1 saturated heterocycles. The van der Waals surface area contributed by atoms with Crippen LogP contribution in [-0.2, 0) is 9.84 Å². The molecule has 0 spiro atoms. The number of benzene rings is 1. The van der Waals surface area contributed by atoms with E-state index in [2.05, 4.69) is 31.5 Å². The molecule has 1 atom stereocenters. The molecule has 0 saturated carbocycles. The largest absolute Gasteiger partial charge is 0.399 e. The molecule has 9 heteroatoms. The predicted octanol–water partition coefficient (Wildman–Crippen LogP) is 1.04. The molecule has 0 aliphatic carbocycles. The predicted molar refractivity (Wildman–Crippen MR) is 77.7 cm³/mol. The second-order valence-electron chi connectivity index (χ2n) is 4.74. The van der Waals surface area contributed by atoms with Gasteiger partial charge in [0.25, 0.3) is 0 Å². The smallest absolute Gasteiger partial charge is 0.183 e. The number of aromatic nitrogens is 4. The number of anilines is 1. The van der Waals surface area contributed by atoms with Gasteiger partial charge in [0.15, 0.2) is 15.7 Å². The maximum Gasteiger partial charge on any atom is 0.183 e. The van der Waals surface area contributed by atoms with Gasteiger partial charge in [-0.25, -0.2) is 13.1 Å². The number of nitrogens with two attached hydrogens (primary N) is 1. The minimum Gasteiger partial charge on any atom is -0.399 e. The number of rotatable bonds is 2. The Morgan fingerprint density at radius 2 is 2.20 bits per heavy atom.